The van der Waals surface area contributed by atoms with Crippen LogP contribution in [-0.4, -0.2) is 42.0 Å². The van der Waals surface area contributed by atoms with Crippen LogP contribution in [0.2, 0.25) is 0 Å². The summed E-state index contributed by atoms with van der Waals surface area (Å²) in [5.74, 6) is -0.403. The number of carbonyl (C=O) groups excluding carboxylic acids is 1. The summed E-state index contributed by atoms with van der Waals surface area (Å²) < 4.78 is 24.9. The van der Waals surface area contributed by atoms with Crippen molar-refractivity contribution in [1.29, 1.82) is 0 Å². The van der Waals surface area contributed by atoms with Gasteiger partial charge in [-0.15, -0.1) is 0 Å². The summed E-state index contributed by atoms with van der Waals surface area (Å²) >= 11 is 0. The molecule has 2 rings (SSSR count). The van der Waals surface area contributed by atoms with E-state index in [4.69, 9.17) is 5.11 Å². The molecule has 0 heterocycles. The highest BCUT2D eigenvalue weighted by Gasteiger charge is 2.18. The number of amides is 1. The average molecular weight is 293 g/mol. The molecule has 2 aromatic rings. The molecule has 0 unspecified atom stereocenters. The number of benzene rings is 2. The maximum absolute atomic E-state index is 12.4. The molecule has 0 aliphatic heterocycles. The van der Waals surface area contributed by atoms with Gasteiger partial charge in [0.2, 0.25) is 5.91 Å². The van der Waals surface area contributed by atoms with E-state index in [2.05, 4.69) is 0 Å². The molecular formula is C16H17F2NO2. The second-order valence-corrected chi connectivity index (χ2v) is 4.81. The van der Waals surface area contributed by atoms with Gasteiger partial charge in [0.05, 0.1) is 19.6 Å². The molecule has 0 aliphatic carbocycles. The highest BCUT2D eigenvalue weighted by Crippen LogP contribution is 2.16. The third-order valence-corrected chi connectivity index (χ3v) is 3.25. The van der Waals surface area contributed by atoms with Crippen molar-refractivity contribution in [2.45, 2.75) is 12.8 Å². The van der Waals surface area contributed by atoms with Crippen LogP contribution in [0.3, 0.4) is 0 Å². The average Bonchev–Trinajstić information content (AvgIpc) is 2.46. The van der Waals surface area contributed by atoms with Crippen LogP contribution in [0, 0.1) is 0 Å². The molecule has 0 aromatic heterocycles. The summed E-state index contributed by atoms with van der Waals surface area (Å²) in [6.45, 7) is -1.04. The lowest BCUT2D eigenvalue weighted by Gasteiger charge is -2.21. The smallest absolute Gasteiger partial charge is 0.255 e. The molecule has 0 saturated heterocycles. The van der Waals surface area contributed by atoms with E-state index >= 15 is 0 Å². The minimum absolute atomic E-state index is 0.0531. The lowest BCUT2D eigenvalue weighted by Crippen LogP contribution is -2.38. The molecule has 2 aromatic carbocycles. The molecule has 1 N–H and O–H groups in total. The predicted molar refractivity (Wildman–Crippen MR) is 77.3 cm³/mol. The minimum Gasteiger partial charge on any atom is -0.395 e. The lowest BCUT2D eigenvalue weighted by molar-refractivity contribution is -0.133. The van der Waals surface area contributed by atoms with E-state index in [-0.39, 0.29) is 19.6 Å². The van der Waals surface area contributed by atoms with E-state index in [0.717, 1.165) is 21.2 Å². The van der Waals surface area contributed by atoms with Gasteiger partial charge < -0.3 is 10.0 Å². The number of carbonyl (C=O) groups is 1. The molecule has 0 saturated carbocycles. The van der Waals surface area contributed by atoms with Gasteiger partial charge in [0.15, 0.2) is 0 Å². The zero-order chi connectivity index (χ0) is 15.2. The molecule has 3 nitrogen and oxygen atoms in total. The van der Waals surface area contributed by atoms with Crippen LogP contribution in [-0.2, 0) is 11.2 Å². The highest BCUT2D eigenvalue weighted by molar-refractivity contribution is 5.85. The summed E-state index contributed by atoms with van der Waals surface area (Å²) in [6, 6.07) is 13.3. The third-order valence-electron chi connectivity index (χ3n) is 3.25. The molecule has 21 heavy (non-hydrogen) atoms. The van der Waals surface area contributed by atoms with E-state index in [1.807, 2.05) is 42.5 Å². The molecule has 0 spiro atoms. The first-order valence-corrected chi connectivity index (χ1v) is 6.74. The normalized spacial score (nSPS) is 11.0. The molecule has 0 aliphatic rings. The number of hydrogen-bond acceptors (Lipinski definition) is 2. The number of hydrogen-bond donors (Lipinski definition) is 1. The maximum Gasteiger partial charge on any atom is 0.255 e. The Balaban J connectivity index is 2.11. The maximum atomic E-state index is 12.4. The van der Waals surface area contributed by atoms with Gasteiger partial charge in [-0.3, -0.25) is 4.79 Å². The van der Waals surface area contributed by atoms with Gasteiger partial charge in [0.1, 0.15) is 0 Å². The van der Waals surface area contributed by atoms with Crippen LogP contribution < -0.4 is 0 Å². The number of halogens is 2. The van der Waals surface area contributed by atoms with Crippen LogP contribution in [0.4, 0.5) is 8.78 Å². The topological polar surface area (TPSA) is 40.5 Å². The first-order valence-electron chi connectivity index (χ1n) is 6.74. The lowest BCUT2D eigenvalue weighted by atomic mass is 10.0. The molecular weight excluding hydrogens is 276 g/mol. The van der Waals surface area contributed by atoms with Crippen LogP contribution >= 0.6 is 0 Å². The van der Waals surface area contributed by atoms with Gasteiger partial charge in [0, 0.05) is 6.54 Å². The van der Waals surface area contributed by atoms with E-state index in [1.165, 1.54) is 0 Å². The molecule has 0 bridgehead atoms. The summed E-state index contributed by atoms with van der Waals surface area (Å²) in [5.41, 5.74) is 0.774. The standard InChI is InChI=1S/C16H17F2NO2/c17-15(18)11-19(7-8-20)16(21)10-12-5-6-13-3-1-2-4-14(13)9-12/h1-6,9,15,20H,7-8,10-11H2. The van der Waals surface area contributed by atoms with Gasteiger partial charge in [-0.2, -0.15) is 0 Å². The van der Waals surface area contributed by atoms with Crippen molar-refractivity contribution >= 4 is 16.7 Å². The van der Waals surface area contributed by atoms with Crippen molar-refractivity contribution in [2.75, 3.05) is 19.7 Å². The Hall–Kier alpha value is -2.01. The quantitative estimate of drug-likeness (QED) is 0.889. The van der Waals surface area contributed by atoms with E-state index < -0.39 is 18.9 Å². The minimum atomic E-state index is -2.60. The number of fused-ring (bicyclic) bond motifs is 1. The molecule has 0 fully saturated rings. The first-order chi connectivity index (χ1) is 10.1. The van der Waals surface area contributed by atoms with Gasteiger partial charge in [-0.25, -0.2) is 8.78 Å². The van der Waals surface area contributed by atoms with Crippen LogP contribution in [0.15, 0.2) is 42.5 Å². The van der Waals surface area contributed by atoms with Crippen molar-refractivity contribution in [3.05, 3.63) is 48.0 Å². The predicted octanol–water partition coefficient (Wildman–Crippen LogP) is 2.47. The van der Waals surface area contributed by atoms with Crippen molar-refractivity contribution in [2.24, 2.45) is 0 Å². The molecule has 0 atom stereocenters. The Morgan fingerprint density at radius 2 is 1.86 bits per heavy atom. The number of alkyl halides is 2. The fraction of sp³-hybridized carbons (Fsp3) is 0.312. The Morgan fingerprint density at radius 1 is 1.14 bits per heavy atom. The van der Waals surface area contributed by atoms with E-state index in [9.17, 15) is 13.6 Å². The van der Waals surface area contributed by atoms with E-state index in [0.29, 0.717) is 0 Å². The van der Waals surface area contributed by atoms with Crippen LogP contribution in [0.1, 0.15) is 5.56 Å². The van der Waals surface area contributed by atoms with Crippen molar-refractivity contribution in [3.8, 4) is 0 Å². The van der Waals surface area contributed by atoms with Crippen LogP contribution in [0.25, 0.3) is 10.8 Å². The Morgan fingerprint density at radius 3 is 2.52 bits per heavy atom. The second kappa shape index (κ2) is 7.13. The van der Waals surface area contributed by atoms with Gasteiger partial charge in [-0.1, -0.05) is 42.5 Å². The third kappa shape index (κ3) is 4.23. The van der Waals surface area contributed by atoms with E-state index in [1.54, 1.807) is 0 Å². The SMILES string of the molecule is O=C(Cc1ccc2ccccc2c1)N(CCO)CC(F)F. The number of aliphatic hydroxyl groups is 1. The first kappa shape index (κ1) is 15.4. The second-order valence-electron chi connectivity index (χ2n) is 4.81. The van der Waals surface area contributed by atoms with Crippen molar-refractivity contribution < 1.29 is 18.7 Å². The van der Waals surface area contributed by atoms with Gasteiger partial charge in [-0.05, 0) is 16.3 Å². The molecule has 0 radical (unpaired) electrons. The fourth-order valence-corrected chi connectivity index (χ4v) is 2.24. The molecule has 1 amide bonds. The van der Waals surface area contributed by atoms with Gasteiger partial charge in [0.25, 0.3) is 6.43 Å². The summed E-state index contributed by atoms with van der Waals surface area (Å²) in [6.07, 6.45) is -2.55. The van der Waals surface area contributed by atoms with Crippen molar-refractivity contribution in [3.63, 3.8) is 0 Å². The van der Waals surface area contributed by atoms with Crippen molar-refractivity contribution in [1.82, 2.24) is 4.90 Å². The summed E-state index contributed by atoms with van der Waals surface area (Å²) in [7, 11) is 0. The summed E-state index contributed by atoms with van der Waals surface area (Å²) in [4.78, 5) is 13.1. The fourth-order valence-electron chi connectivity index (χ4n) is 2.24. The number of nitrogens with zero attached hydrogens (tertiary/aromatic N) is 1. The largest absolute Gasteiger partial charge is 0.395 e. The Kier molecular flexibility index (Phi) is 5.22. The Bertz CT molecular complexity index is 616. The molecule has 5 heteroatoms. The molecule has 112 valence electrons. The zero-order valence-corrected chi connectivity index (χ0v) is 11.5. The monoisotopic (exact) mass is 293 g/mol. The zero-order valence-electron chi connectivity index (χ0n) is 11.5. The van der Waals surface area contributed by atoms with Crippen LogP contribution in [0.5, 0.6) is 0 Å². The summed E-state index contributed by atoms with van der Waals surface area (Å²) in [5, 5.41) is 10.9. The van der Waals surface area contributed by atoms with Gasteiger partial charge >= 0.3 is 0 Å². The highest BCUT2D eigenvalue weighted by atomic mass is 19.3. The Labute approximate surface area is 121 Å². The number of aliphatic hydroxyl groups excluding tert-OH is 1. The number of rotatable bonds is 6.